The molecule has 6 heteroatoms. The summed E-state index contributed by atoms with van der Waals surface area (Å²) in [5.41, 5.74) is 1.71. The Bertz CT molecular complexity index is 597. The number of amides is 1. The van der Waals surface area contributed by atoms with Gasteiger partial charge >= 0.3 is 0 Å². The molecule has 0 aromatic heterocycles. The van der Waals surface area contributed by atoms with Gasteiger partial charge in [0.1, 0.15) is 0 Å². The summed E-state index contributed by atoms with van der Waals surface area (Å²) in [7, 11) is -3.57. The second kappa shape index (κ2) is 7.56. The lowest BCUT2D eigenvalue weighted by Crippen LogP contribution is -2.35. The summed E-state index contributed by atoms with van der Waals surface area (Å²) in [5.74, 6) is -0.146. The van der Waals surface area contributed by atoms with Crippen molar-refractivity contribution in [3.05, 3.63) is 29.3 Å². The Kier molecular flexibility index (Phi) is 6.36. The molecule has 1 amide bonds. The third-order valence-corrected chi connectivity index (χ3v) is 4.91. The Morgan fingerprint density at radius 1 is 1.29 bits per heavy atom. The lowest BCUT2D eigenvalue weighted by molar-refractivity contribution is -0.121. The van der Waals surface area contributed by atoms with E-state index >= 15 is 0 Å². The Hall–Kier alpha value is -1.40. The first-order valence-corrected chi connectivity index (χ1v) is 8.61. The number of hydrogen-bond acceptors (Lipinski definition) is 3. The minimum atomic E-state index is -3.57. The molecule has 0 bridgehead atoms. The fraction of sp³-hybridized carbons (Fsp3) is 0.533. The van der Waals surface area contributed by atoms with Crippen molar-refractivity contribution in [3.63, 3.8) is 0 Å². The van der Waals surface area contributed by atoms with Crippen LogP contribution >= 0.6 is 0 Å². The molecule has 0 spiro atoms. The normalized spacial score (nSPS) is 13.0. The Labute approximate surface area is 127 Å². The number of rotatable bonds is 7. The quantitative estimate of drug-likeness (QED) is 0.807. The van der Waals surface area contributed by atoms with E-state index in [1.165, 1.54) is 0 Å². The van der Waals surface area contributed by atoms with Crippen LogP contribution in [0.4, 0.5) is 0 Å². The number of carbonyl (C=O) groups excluding carboxylic acids is 1. The summed E-state index contributed by atoms with van der Waals surface area (Å²) in [5, 5.41) is 2.80. The molecule has 0 unspecified atom stereocenters. The predicted octanol–water partition coefficient (Wildman–Crippen LogP) is 1.89. The molecule has 21 heavy (non-hydrogen) atoms. The molecule has 0 aliphatic heterocycles. The van der Waals surface area contributed by atoms with Crippen LogP contribution in [0.15, 0.2) is 23.1 Å². The first kappa shape index (κ1) is 17.7. The molecular weight excluding hydrogens is 288 g/mol. The van der Waals surface area contributed by atoms with Crippen LogP contribution in [0.2, 0.25) is 0 Å². The zero-order chi connectivity index (χ0) is 16.0. The molecule has 1 aromatic carbocycles. The van der Waals surface area contributed by atoms with Gasteiger partial charge in [-0.3, -0.25) is 4.79 Å². The van der Waals surface area contributed by atoms with Gasteiger partial charge in [-0.05, 0) is 38.8 Å². The number of carbonyl (C=O) groups is 1. The molecule has 0 radical (unpaired) electrons. The van der Waals surface area contributed by atoms with Gasteiger partial charge in [-0.25, -0.2) is 13.1 Å². The van der Waals surface area contributed by atoms with Crippen molar-refractivity contribution in [1.29, 1.82) is 0 Å². The number of benzene rings is 1. The minimum absolute atomic E-state index is 0.0952. The molecule has 0 heterocycles. The molecular formula is C15H24N2O3S. The van der Waals surface area contributed by atoms with Crippen molar-refractivity contribution in [2.45, 2.75) is 51.5 Å². The molecule has 0 fully saturated rings. The summed E-state index contributed by atoms with van der Waals surface area (Å²) >= 11 is 0. The highest BCUT2D eigenvalue weighted by molar-refractivity contribution is 7.89. The summed E-state index contributed by atoms with van der Waals surface area (Å²) < 4.78 is 26.8. The maximum Gasteiger partial charge on any atom is 0.240 e. The van der Waals surface area contributed by atoms with Gasteiger partial charge in [0.2, 0.25) is 15.9 Å². The number of nitrogens with one attached hydrogen (secondary N) is 2. The molecule has 2 N–H and O–H groups in total. The number of aryl methyl sites for hydroxylation is 2. The highest BCUT2D eigenvalue weighted by Gasteiger charge is 2.16. The van der Waals surface area contributed by atoms with E-state index in [1.54, 1.807) is 19.1 Å². The maximum atomic E-state index is 12.2. The molecule has 5 nitrogen and oxygen atoms in total. The minimum Gasteiger partial charge on any atom is -0.354 e. The van der Waals surface area contributed by atoms with E-state index in [1.807, 2.05) is 26.8 Å². The fourth-order valence-electron chi connectivity index (χ4n) is 1.93. The Morgan fingerprint density at radius 3 is 2.52 bits per heavy atom. The maximum absolute atomic E-state index is 12.2. The highest BCUT2D eigenvalue weighted by Crippen LogP contribution is 2.16. The second-order valence-electron chi connectivity index (χ2n) is 5.29. The second-order valence-corrected chi connectivity index (χ2v) is 7.03. The van der Waals surface area contributed by atoms with Crippen LogP contribution in [0.25, 0.3) is 0 Å². The summed E-state index contributed by atoms with van der Waals surface area (Å²) in [4.78, 5) is 11.9. The van der Waals surface area contributed by atoms with E-state index in [9.17, 15) is 13.2 Å². The van der Waals surface area contributed by atoms with Crippen molar-refractivity contribution < 1.29 is 13.2 Å². The van der Waals surface area contributed by atoms with Gasteiger partial charge in [0, 0.05) is 19.0 Å². The van der Waals surface area contributed by atoms with Crippen molar-refractivity contribution in [1.82, 2.24) is 10.0 Å². The lowest BCUT2D eigenvalue weighted by atomic mass is 10.2. The van der Waals surface area contributed by atoms with Gasteiger partial charge in [0.05, 0.1) is 4.90 Å². The van der Waals surface area contributed by atoms with Crippen LogP contribution in [0.3, 0.4) is 0 Å². The molecule has 0 saturated carbocycles. The topological polar surface area (TPSA) is 75.3 Å². The third kappa shape index (κ3) is 5.47. The zero-order valence-electron chi connectivity index (χ0n) is 13.1. The summed E-state index contributed by atoms with van der Waals surface area (Å²) in [6.45, 7) is 7.66. The number of hydrogen-bond donors (Lipinski definition) is 2. The standard InChI is InChI=1S/C15H24N2O3S/c1-5-13(4)17-15(18)8-9-16-21(19,20)14-7-6-11(2)10-12(14)3/h6-7,10,13,16H,5,8-9H2,1-4H3,(H,17,18)/t13-/m0/s1. The van der Waals surface area contributed by atoms with E-state index in [-0.39, 0.29) is 29.8 Å². The molecule has 1 rings (SSSR count). The smallest absolute Gasteiger partial charge is 0.240 e. The van der Waals surface area contributed by atoms with E-state index < -0.39 is 10.0 Å². The van der Waals surface area contributed by atoms with E-state index in [0.717, 1.165) is 12.0 Å². The third-order valence-electron chi connectivity index (χ3n) is 3.28. The van der Waals surface area contributed by atoms with Crippen LogP contribution in [0, 0.1) is 13.8 Å². The first-order chi connectivity index (χ1) is 9.76. The Morgan fingerprint density at radius 2 is 1.95 bits per heavy atom. The zero-order valence-corrected chi connectivity index (χ0v) is 13.9. The van der Waals surface area contributed by atoms with Gasteiger partial charge in [-0.1, -0.05) is 24.6 Å². The van der Waals surface area contributed by atoms with Crippen molar-refractivity contribution in [3.8, 4) is 0 Å². The van der Waals surface area contributed by atoms with Crippen LogP contribution in [-0.2, 0) is 14.8 Å². The van der Waals surface area contributed by atoms with Gasteiger partial charge < -0.3 is 5.32 Å². The fourth-order valence-corrected chi connectivity index (χ4v) is 3.18. The average Bonchev–Trinajstić information content (AvgIpc) is 2.37. The lowest BCUT2D eigenvalue weighted by Gasteiger charge is -2.12. The van der Waals surface area contributed by atoms with E-state index in [0.29, 0.717) is 5.56 Å². The van der Waals surface area contributed by atoms with Gasteiger partial charge in [0.15, 0.2) is 0 Å². The largest absolute Gasteiger partial charge is 0.354 e. The van der Waals surface area contributed by atoms with Crippen molar-refractivity contribution in [2.75, 3.05) is 6.54 Å². The van der Waals surface area contributed by atoms with Gasteiger partial charge in [-0.2, -0.15) is 0 Å². The van der Waals surface area contributed by atoms with Crippen molar-refractivity contribution in [2.24, 2.45) is 0 Å². The van der Waals surface area contributed by atoms with E-state index in [2.05, 4.69) is 10.0 Å². The van der Waals surface area contributed by atoms with Crippen LogP contribution in [0.1, 0.15) is 37.8 Å². The first-order valence-electron chi connectivity index (χ1n) is 7.12. The average molecular weight is 312 g/mol. The molecule has 0 aliphatic rings. The Balaban J connectivity index is 2.60. The number of sulfonamides is 1. The molecule has 0 saturated heterocycles. The SMILES string of the molecule is CC[C@H](C)NC(=O)CCNS(=O)(=O)c1ccc(C)cc1C. The molecule has 0 aliphatic carbocycles. The van der Waals surface area contributed by atoms with E-state index in [4.69, 9.17) is 0 Å². The van der Waals surface area contributed by atoms with Gasteiger partial charge in [0.25, 0.3) is 0 Å². The highest BCUT2D eigenvalue weighted by atomic mass is 32.2. The molecule has 118 valence electrons. The van der Waals surface area contributed by atoms with Crippen LogP contribution < -0.4 is 10.0 Å². The van der Waals surface area contributed by atoms with Gasteiger partial charge in [-0.15, -0.1) is 0 Å². The van der Waals surface area contributed by atoms with Crippen molar-refractivity contribution >= 4 is 15.9 Å². The summed E-state index contributed by atoms with van der Waals surface area (Å²) in [6, 6.07) is 5.28. The van der Waals surface area contributed by atoms with Crippen LogP contribution in [0.5, 0.6) is 0 Å². The molecule has 1 aromatic rings. The molecule has 1 atom stereocenters. The van der Waals surface area contributed by atoms with Crippen LogP contribution in [-0.4, -0.2) is 26.9 Å². The predicted molar refractivity (Wildman–Crippen MR) is 83.6 cm³/mol. The monoisotopic (exact) mass is 312 g/mol. The summed E-state index contributed by atoms with van der Waals surface area (Å²) in [6.07, 6.45) is 0.981.